The third-order valence-corrected chi connectivity index (χ3v) is 5.07. The van der Waals surface area contributed by atoms with Crippen LogP contribution in [0.2, 0.25) is 0 Å². The molecule has 1 fully saturated rings. The van der Waals surface area contributed by atoms with Gasteiger partial charge in [-0.3, -0.25) is 15.0 Å². The van der Waals surface area contributed by atoms with Gasteiger partial charge in [-0.2, -0.15) is 4.39 Å². The second-order valence-corrected chi connectivity index (χ2v) is 6.59. The molecule has 2 aromatic carbocycles. The highest BCUT2D eigenvalue weighted by molar-refractivity contribution is 5.90. The molecule has 0 spiro atoms. The Morgan fingerprint density at radius 2 is 2.07 bits per heavy atom. The van der Waals surface area contributed by atoms with E-state index in [-0.39, 0.29) is 17.5 Å². The van der Waals surface area contributed by atoms with Crippen molar-refractivity contribution in [3.8, 4) is 5.75 Å². The minimum absolute atomic E-state index is 0.179. The number of nitrogens with zero attached hydrogens (tertiary/aromatic N) is 3. The molecule has 2 aliphatic heterocycles. The number of anilines is 2. The molecule has 28 heavy (non-hydrogen) atoms. The zero-order valence-electron chi connectivity index (χ0n) is 15.2. The van der Waals surface area contributed by atoms with Crippen molar-refractivity contribution in [1.82, 2.24) is 0 Å². The van der Waals surface area contributed by atoms with Crippen molar-refractivity contribution in [2.45, 2.75) is 13.0 Å². The fourth-order valence-electron chi connectivity index (χ4n) is 3.76. The summed E-state index contributed by atoms with van der Waals surface area (Å²) in [5.41, 5.74) is 2.34. The number of halogens is 1. The van der Waals surface area contributed by atoms with Gasteiger partial charge < -0.3 is 14.4 Å². The van der Waals surface area contributed by atoms with Gasteiger partial charge in [-0.05, 0) is 23.6 Å². The molecule has 1 saturated heterocycles. The van der Waals surface area contributed by atoms with Crippen LogP contribution in [0.1, 0.15) is 11.1 Å². The SMILES string of the molecule is COc1cc(F)c([N+](=O)[O-])c(N2CCc3c(cccc3N3CCOC3=O)C2)c1. The summed E-state index contributed by atoms with van der Waals surface area (Å²) in [5.74, 6) is -0.712. The summed E-state index contributed by atoms with van der Waals surface area (Å²) in [6.45, 7) is 1.65. The molecule has 2 heterocycles. The molecule has 8 nitrogen and oxygen atoms in total. The largest absolute Gasteiger partial charge is 0.497 e. The molecule has 2 aromatic rings. The van der Waals surface area contributed by atoms with Gasteiger partial charge in [0.15, 0.2) is 0 Å². The summed E-state index contributed by atoms with van der Waals surface area (Å²) >= 11 is 0. The highest BCUT2D eigenvalue weighted by atomic mass is 19.1. The number of nitro groups is 1. The standard InChI is InChI=1S/C19H18FN3O5/c1-27-13-9-15(20)18(23(25)26)17(10-13)21-6-5-14-12(11-21)3-2-4-16(14)22-7-8-28-19(22)24/h2-4,9-10H,5-8,11H2,1H3. The molecule has 0 saturated carbocycles. The van der Waals surface area contributed by atoms with Crippen molar-refractivity contribution in [2.24, 2.45) is 0 Å². The van der Waals surface area contributed by atoms with Gasteiger partial charge in [0.25, 0.3) is 0 Å². The molecule has 1 amide bonds. The third-order valence-electron chi connectivity index (χ3n) is 5.07. The van der Waals surface area contributed by atoms with Gasteiger partial charge in [-0.1, -0.05) is 12.1 Å². The van der Waals surface area contributed by atoms with Crippen molar-refractivity contribution < 1.29 is 23.6 Å². The van der Waals surface area contributed by atoms with Gasteiger partial charge in [0.1, 0.15) is 18.0 Å². The second kappa shape index (κ2) is 6.99. The molecule has 0 aromatic heterocycles. The van der Waals surface area contributed by atoms with E-state index < -0.39 is 16.4 Å². The smallest absolute Gasteiger partial charge is 0.414 e. The predicted molar refractivity (Wildman–Crippen MR) is 99.5 cm³/mol. The third kappa shape index (κ3) is 2.98. The number of carbonyl (C=O) groups is 1. The van der Waals surface area contributed by atoms with Crippen LogP contribution in [0.5, 0.6) is 5.75 Å². The number of rotatable bonds is 4. The normalized spacial score (nSPS) is 16.0. The fraction of sp³-hybridized carbons (Fsp3) is 0.316. The molecule has 9 heteroatoms. The molecule has 0 N–H and O–H groups in total. The summed E-state index contributed by atoms with van der Waals surface area (Å²) in [4.78, 5) is 26.0. The lowest BCUT2D eigenvalue weighted by Crippen LogP contribution is -2.33. The molecule has 2 aliphatic rings. The van der Waals surface area contributed by atoms with E-state index in [1.807, 2.05) is 18.2 Å². The van der Waals surface area contributed by atoms with Gasteiger partial charge in [0.05, 0.1) is 24.3 Å². The quantitative estimate of drug-likeness (QED) is 0.591. The number of cyclic esters (lactones) is 1. The molecule has 146 valence electrons. The van der Waals surface area contributed by atoms with Crippen LogP contribution in [0.15, 0.2) is 30.3 Å². The van der Waals surface area contributed by atoms with E-state index in [1.165, 1.54) is 13.2 Å². The molecule has 0 unspecified atom stereocenters. The lowest BCUT2D eigenvalue weighted by atomic mass is 9.96. The van der Waals surface area contributed by atoms with Crippen LogP contribution in [-0.4, -0.2) is 37.8 Å². The first-order valence-corrected chi connectivity index (χ1v) is 8.81. The first-order chi connectivity index (χ1) is 13.5. The summed E-state index contributed by atoms with van der Waals surface area (Å²) in [6.07, 6.45) is 0.187. The van der Waals surface area contributed by atoms with Crippen LogP contribution >= 0.6 is 0 Å². The number of amides is 1. The zero-order valence-corrected chi connectivity index (χ0v) is 15.2. The topological polar surface area (TPSA) is 85.2 Å². The van der Waals surface area contributed by atoms with Crippen LogP contribution in [0.3, 0.4) is 0 Å². The maximum Gasteiger partial charge on any atom is 0.414 e. The van der Waals surface area contributed by atoms with Crippen LogP contribution < -0.4 is 14.5 Å². The monoisotopic (exact) mass is 387 g/mol. The molecule has 0 aliphatic carbocycles. The van der Waals surface area contributed by atoms with Crippen molar-refractivity contribution in [3.63, 3.8) is 0 Å². The molecular formula is C19H18FN3O5. The average molecular weight is 387 g/mol. The minimum Gasteiger partial charge on any atom is -0.497 e. The molecule has 4 rings (SSSR count). The van der Waals surface area contributed by atoms with Crippen molar-refractivity contribution in [1.29, 1.82) is 0 Å². The number of nitro benzene ring substituents is 1. The Hall–Kier alpha value is -3.36. The van der Waals surface area contributed by atoms with Gasteiger partial charge in [0, 0.05) is 25.2 Å². The van der Waals surface area contributed by atoms with E-state index in [9.17, 15) is 19.3 Å². The number of ether oxygens (including phenoxy) is 2. The molecular weight excluding hydrogens is 369 g/mol. The fourth-order valence-corrected chi connectivity index (χ4v) is 3.76. The molecule has 0 radical (unpaired) electrons. The Balaban J connectivity index is 1.72. The van der Waals surface area contributed by atoms with Crippen molar-refractivity contribution >= 4 is 23.2 Å². The van der Waals surface area contributed by atoms with E-state index in [1.54, 1.807) is 9.80 Å². The van der Waals surface area contributed by atoms with Gasteiger partial charge in [0.2, 0.25) is 5.82 Å². The number of fused-ring (bicyclic) bond motifs is 1. The maximum absolute atomic E-state index is 14.3. The summed E-state index contributed by atoms with van der Waals surface area (Å²) in [6, 6.07) is 8.11. The van der Waals surface area contributed by atoms with E-state index >= 15 is 0 Å². The van der Waals surface area contributed by atoms with Gasteiger partial charge >= 0.3 is 11.8 Å². The minimum atomic E-state index is -0.932. The van der Waals surface area contributed by atoms with E-state index in [4.69, 9.17) is 9.47 Å². The van der Waals surface area contributed by atoms with E-state index in [0.29, 0.717) is 32.7 Å². The van der Waals surface area contributed by atoms with Crippen molar-refractivity contribution in [2.75, 3.05) is 36.6 Å². The highest BCUT2D eigenvalue weighted by Gasteiger charge is 2.31. The maximum atomic E-state index is 14.3. The highest BCUT2D eigenvalue weighted by Crippen LogP contribution is 2.39. The van der Waals surface area contributed by atoms with E-state index in [0.717, 1.165) is 22.9 Å². The zero-order chi connectivity index (χ0) is 19.8. The Kier molecular flexibility index (Phi) is 4.50. The summed E-state index contributed by atoms with van der Waals surface area (Å²) < 4.78 is 24.4. The number of hydrogen-bond acceptors (Lipinski definition) is 6. The Labute approximate surface area is 160 Å². The van der Waals surface area contributed by atoms with E-state index in [2.05, 4.69) is 0 Å². The lowest BCUT2D eigenvalue weighted by molar-refractivity contribution is -0.386. The predicted octanol–water partition coefficient (Wildman–Crippen LogP) is 3.26. The first-order valence-electron chi connectivity index (χ1n) is 8.81. The summed E-state index contributed by atoms with van der Waals surface area (Å²) in [5, 5.41) is 11.4. The van der Waals surface area contributed by atoms with Crippen LogP contribution in [0.4, 0.5) is 26.2 Å². The second-order valence-electron chi connectivity index (χ2n) is 6.59. The Morgan fingerprint density at radius 1 is 1.25 bits per heavy atom. The lowest BCUT2D eigenvalue weighted by Gasteiger charge is -2.32. The average Bonchev–Trinajstić information content (AvgIpc) is 3.11. The Morgan fingerprint density at radius 3 is 2.75 bits per heavy atom. The molecule has 0 atom stereocenters. The number of hydrogen-bond donors (Lipinski definition) is 0. The van der Waals surface area contributed by atoms with Crippen LogP contribution in [-0.2, 0) is 17.7 Å². The number of carbonyl (C=O) groups excluding carboxylic acids is 1. The van der Waals surface area contributed by atoms with Gasteiger partial charge in [-0.15, -0.1) is 0 Å². The van der Waals surface area contributed by atoms with Gasteiger partial charge in [-0.25, -0.2) is 4.79 Å². The summed E-state index contributed by atoms with van der Waals surface area (Å²) in [7, 11) is 1.39. The first kappa shape index (κ1) is 18.0. The van der Waals surface area contributed by atoms with Crippen molar-refractivity contribution in [3.05, 3.63) is 57.4 Å². The van der Waals surface area contributed by atoms with Crippen LogP contribution in [0, 0.1) is 15.9 Å². The number of benzene rings is 2. The number of methoxy groups -OCH3 is 1. The Bertz CT molecular complexity index is 965. The van der Waals surface area contributed by atoms with Crippen LogP contribution in [0.25, 0.3) is 0 Å². The molecule has 0 bridgehead atoms.